The molecule has 0 aromatic heterocycles. The molecule has 1 aromatic rings. The van der Waals surface area contributed by atoms with E-state index in [1.807, 2.05) is 35.2 Å². The molecule has 1 aromatic carbocycles. The first-order valence-corrected chi connectivity index (χ1v) is 8.37. The summed E-state index contributed by atoms with van der Waals surface area (Å²) in [5, 5.41) is 9.36. The zero-order chi connectivity index (χ0) is 17.6. The number of nitrogens with zero attached hydrogens (tertiary/aromatic N) is 1. The molecule has 2 saturated heterocycles. The summed E-state index contributed by atoms with van der Waals surface area (Å²) in [7, 11) is 0. The van der Waals surface area contributed by atoms with Crippen LogP contribution in [0, 0.1) is 10.8 Å². The molecule has 2 aliphatic heterocycles. The van der Waals surface area contributed by atoms with E-state index in [0.29, 0.717) is 25.9 Å². The summed E-state index contributed by atoms with van der Waals surface area (Å²) in [5.41, 5.74) is -0.769. The molecule has 0 atom stereocenters. The molecular weight excluding hydrogens is 306 g/mol. The van der Waals surface area contributed by atoms with Crippen LogP contribution in [0.15, 0.2) is 30.3 Å². The van der Waals surface area contributed by atoms with Crippen molar-refractivity contribution in [1.29, 1.82) is 0 Å². The molecule has 1 aliphatic carbocycles. The van der Waals surface area contributed by atoms with E-state index in [9.17, 15) is 14.7 Å². The lowest BCUT2D eigenvalue weighted by Crippen LogP contribution is -2.58. The van der Waals surface area contributed by atoms with Crippen LogP contribution in [0.4, 0.5) is 0 Å². The van der Waals surface area contributed by atoms with Gasteiger partial charge in [0, 0.05) is 25.9 Å². The normalized spacial score (nSPS) is 28.3. The molecule has 24 heavy (non-hydrogen) atoms. The third kappa shape index (κ3) is 2.93. The number of hydrogen-bond acceptors (Lipinski definition) is 3. The maximum atomic E-state index is 13.2. The summed E-state index contributed by atoms with van der Waals surface area (Å²) in [5.74, 6) is -0.926. The van der Waals surface area contributed by atoms with Gasteiger partial charge in [0.1, 0.15) is 5.60 Å². The Morgan fingerprint density at radius 1 is 1.21 bits per heavy atom. The number of ether oxygens (including phenoxy) is 1. The Hall–Kier alpha value is -1.88. The van der Waals surface area contributed by atoms with Crippen molar-refractivity contribution in [3.05, 3.63) is 35.9 Å². The van der Waals surface area contributed by atoms with Gasteiger partial charge in [0.15, 0.2) is 0 Å². The molecule has 3 fully saturated rings. The van der Waals surface area contributed by atoms with Crippen LogP contribution in [-0.4, -0.2) is 40.6 Å². The predicted molar refractivity (Wildman–Crippen MR) is 89.3 cm³/mol. The number of carbonyl (C=O) groups excluding carboxylic acids is 1. The number of carboxylic acid groups (broad SMARTS) is 1. The van der Waals surface area contributed by atoms with Crippen LogP contribution in [0.1, 0.15) is 39.2 Å². The molecule has 1 N–H and O–H groups in total. The summed E-state index contributed by atoms with van der Waals surface area (Å²) in [4.78, 5) is 26.4. The van der Waals surface area contributed by atoms with Crippen LogP contribution in [0.3, 0.4) is 0 Å². The van der Waals surface area contributed by atoms with E-state index in [1.165, 1.54) is 0 Å². The van der Waals surface area contributed by atoms with Gasteiger partial charge in [0.25, 0.3) is 5.91 Å². The number of amides is 1. The molecule has 2 bridgehead atoms. The van der Waals surface area contributed by atoms with E-state index in [2.05, 4.69) is 20.8 Å². The molecule has 3 aliphatic rings. The van der Waals surface area contributed by atoms with Crippen molar-refractivity contribution in [3.63, 3.8) is 0 Å². The van der Waals surface area contributed by atoms with Crippen molar-refractivity contribution in [1.82, 2.24) is 4.90 Å². The van der Waals surface area contributed by atoms with Gasteiger partial charge in [-0.1, -0.05) is 51.1 Å². The lowest BCUT2D eigenvalue weighted by molar-refractivity contribution is -0.165. The van der Waals surface area contributed by atoms with Crippen molar-refractivity contribution in [2.24, 2.45) is 10.8 Å². The van der Waals surface area contributed by atoms with Crippen molar-refractivity contribution in [2.45, 2.75) is 45.8 Å². The Bertz CT molecular complexity index is 641. The smallest absolute Gasteiger partial charge is 0.312 e. The van der Waals surface area contributed by atoms with Crippen molar-refractivity contribution < 1.29 is 19.4 Å². The number of carbonyl (C=O) groups is 2. The first-order chi connectivity index (χ1) is 11.2. The van der Waals surface area contributed by atoms with Crippen LogP contribution in [0.5, 0.6) is 0 Å². The standard InChI is InChI=1S/C19H25NO4/c1-17(2,3)12-20(9-14-7-5-4-6-8-14)15(21)19-10-18(11-19,13-24-19)16(22)23/h4-8H,9-13H2,1-3H3,(H,22,23). The van der Waals surface area contributed by atoms with E-state index in [4.69, 9.17) is 4.74 Å². The van der Waals surface area contributed by atoms with Crippen molar-refractivity contribution >= 4 is 11.9 Å². The topological polar surface area (TPSA) is 66.8 Å². The van der Waals surface area contributed by atoms with Gasteiger partial charge in [-0.15, -0.1) is 0 Å². The minimum Gasteiger partial charge on any atom is -0.481 e. The molecule has 1 amide bonds. The van der Waals surface area contributed by atoms with Crippen molar-refractivity contribution in [2.75, 3.05) is 13.2 Å². The van der Waals surface area contributed by atoms with E-state index in [0.717, 1.165) is 5.56 Å². The van der Waals surface area contributed by atoms with Crippen molar-refractivity contribution in [3.8, 4) is 0 Å². The largest absolute Gasteiger partial charge is 0.481 e. The second-order valence-corrected chi connectivity index (χ2v) is 8.43. The summed E-state index contributed by atoms with van der Waals surface area (Å²) < 4.78 is 5.70. The molecule has 0 unspecified atom stereocenters. The molecular formula is C19H25NO4. The summed E-state index contributed by atoms with van der Waals surface area (Å²) in [6.07, 6.45) is 0.590. The van der Waals surface area contributed by atoms with Gasteiger partial charge in [-0.2, -0.15) is 0 Å². The SMILES string of the molecule is CC(C)(C)CN(Cc1ccccc1)C(=O)C12CC(C(=O)O)(CO1)C2. The monoisotopic (exact) mass is 331 g/mol. The van der Waals surface area contributed by atoms with Crippen LogP contribution >= 0.6 is 0 Å². The van der Waals surface area contributed by atoms with Gasteiger partial charge in [0.05, 0.1) is 12.0 Å². The van der Waals surface area contributed by atoms with Gasteiger partial charge >= 0.3 is 5.97 Å². The first kappa shape index (κ1) is 17.0. The van der Waals surface area contributed by atoms with E-state index < -0.39 is 17.0 Å². The maximum absolute atomic E-state index is 13.2. The average Bonchev–Trinajstić information content (AvgIpc) is 3.03. The molecule has 0 radical (unpaired) electrons. The minimum absolute atomic E-state index is 0.0483. The van der Waals surface area contributed by atoms with Crippen LogP contribution < -0.4 is 0 Å². The maximum Gasteiger partial charge on any atom is 0.312 e. The Morgan fingerprint density at radius 3 is 2.33 bits per heavy atom. The summed E-state index contributed by atoms with van der Waals surface area (Å²) in [6.45, 7) is 7.53. The van der Waals surface area contributed by atoms with E-state index in [-0.39, 0.29) is 17.9 Å². The predicted octanol–water partition coefficient (Wildman–Crippen LogP) is 2.70. The number of carboxylic acids is 1. The Balaban J connectivity index is 1.79. The Kier molecular flexibility index (Phi) is 3.95. The Morgan fingerprint density at radius 2 is 1.83 bits per heavy atom. The number of aliphatic carboxylic acids is 1. The highest BCUT2D eigenvalue weighted by atomic mass is 16.5. The summed E-state index contributed by atoms with van der Waals surface area (Å²) >= 11 is 0. The number of rotatable bonds is 5. The van der Waals surface area contributed by atoms with Crippen LogP contribution in [0.25, 0.3) is 0 Å². The fraction of sp³-hybridized carbons (Fsp3) is 0.579. The average molecular weight is 331 g/mol. The number of benzene rings is 1. The van der Waals surface area contributed by atoms with Gasteiger partial charge in [-0.3, -0.25) is 9.59 Å². The lowest BCUT2D eigenvalue weighted by atomic mass is 9.62. The van der Waals surface area contributed by atoms with Gasteiger partial charge in [0.2, 0.25) is 0 Å². The molecule has 5 heteroatoms. The molecule has 130 valence electrons. The highest BCUT2D eigenvalue weighted by Crippen LogP contribution is 2.58. The fourth-order valence-corrected chi connectivity index (χ4v) is 3.81. The minimum atomic E-state index is -0.932. The second-order valence-electron chi connectivity index (χ2n) is 8.43. The third-order valence-corrected chi connectivity index (χ3v) is 4.88. The van der Waals surface area contributed by atoms with Crippen LogP contribution in [0.2, 0.25) is 0 Å². The number of hydrogen-bond donors (Lipinski definition) is 1. The molecule has 4 rings (SSSR count). The van der Waals surface area contributed by atoms with E-state index >= 15 is 0 Å². The zero-order valence-electron chi connectivity index (χ0n) is 14.5. The third-order valence-electron chi connectivity index (χ3n) is 4.88. The van der Waals surface area contributed by atoms with Gasteiger partial charge in [-0.05, 0) is 11.0 Å². The Labute approximate surface area is 142 Å². The highest BCUT2D eigenvalue weighted by molar-refractivity contribution is 5.92. The van der Waals surface area contributed by atoms with E-state index in [1.54, 1.807) is 0 Å². The van der Waals surface area contributed by atoms with Gasteiger partial charge < -0.3 is 14.7 Å². The quantitative estimate of drug-likeness (QED) is 0.901. The molecule has 2 heterocycles. The fourth-order valence-electron chi connectivity index (χ4n) is 3.81. The lowest BCUT2D eigenvalue weighted by Gasteiger charge is -2.44. The number of fused-ring (bicyclic) bond motifs is 1. The summed E-state index contributed by atoms with van der Waals surface area (Å²) in [6, 6.07) is 9.86. The molecule has 5 nitrogen and oxygen atoms in total. The van der Waals surface area contributed by atoms with Gasteiger partial charge in [-0.25, -0.2) is 0 Å². The highest BCUT2D eigenvalue weighted by Gasteiger charge is 2.70. The molecule has 1 saturated carbocycles. The zero-order valence-corrected chi connectivity index (χ0v) is 14.5. The second kappa shape index (κ2) is 5.59. The molecule has 0 spiro atoms. The van der Waals surface area contributed by atoms with Crippen LogP contribution in [-0.2, 0) is 20.9 Å². The first-order valence-electron chi connectivity index (χ1n) is 8.37.